The molecular formula is C15H24N2O. The van der Waals surface area contributed by atoms with Crippen LogP contribution >= 0.6 is 0 Å². The van der Waals surface area contributed by atoms with Crippen molar-refractivity contribution in [2.75, 3.05) is 19.6 Å². The van der Waals surface area contributed by atoms with Gasteiger partial charge in [0, 0.05) is 25.0 Å². The molecule has 0 spiro atoms. The highest BCUT2D eigenvalue weighted by atomic mass is 16.2. The van der Waals surface area contributed by atoms with Crippen molar-refractivity contribution >= 4 is 5.91 Å². The van der Waals surface area contributed by atoms with Gasteiger partial charge < -0.3 is 10.2 Å². The Morgan fingerprint density at radius 1 is 1.06 bits per heavy atom. The van der Waals surface area contributed by atoms with Crippen LogP contribution in [0, 0.1) is 23.7 Å². The van der Waals surface area contributed by atoms with Gasteiger partial charge >= 0.3 is 0 Å². The van der Waals surface area contributed by atoms with Gasteiger partial charge in [-0.1, -0.05) is 0 Å². The van der Waals surface area contributed by atoms with E-state index in [1.54, 1.807) is 0 Å². The van der Waals surface area contributed by atoms with Crippen molar-refractivity contribution in [3.63, 3.8) is 0 Å². The fourth-order valence-electron chi connectivity index (χ4n) is 4.14. The maximum absolute atomic E-state index is 12.7. The van der Waals surface area contributed by atoms with Crippen LogP contribution in [-0.4, -0.2) is 36.5 Å². The molecule has 2 heterocycles. The Kier molecular flexibility index (Phi) is 2.65. The minimum absolute atomic E-state index is 0.408. The second kappa shape index (κ2) is 4.22. The summed E-state index contributed by atoms with van der Waals surface area (Å²) in [5.74, 6) is 3.16. The van der Waals surface area contributed by atoms with Gasteiger partial charge in [-0.05, 0) is 62.8 Å². The zero-order valence-electron chi connectivity index (χ0n) is 11.1. The minimum atomic E-state index is 0.408. The number of rotatable bonds is 3. The lowest BCUT2D eigenvalue weighted by atomic mass is 9.94. The number of hydrogen-bond acceptors (Lipinski definition) is 2. The Morgan fingerprint density at radius 3 is 2.39 bits per heavy atom. The molecule has 0 aromatic heterocycles. The highest BCUT2D eigenvalue weighted by Gasteiger charge is 2.48. The van der Waals surface area contributed by atoms with Crippen LogP contribution in [0.15, 0.2) is 0 Å². The zero-order chi connectivity index (χ0) is 12.1. The second-order valence-electron chi connectivity index (χ2n) is 6.91. The number of amides is 1. The molecule has 0 aromatic rings. The molecule has 0 aromatic carbocycles. The first kappa shape index (κ1) is 11.3. The quantitative estimate of drug-likeness (QED) is 0.823. The highest BCUT2D eigenvalue weighted by Crippen LogP contribution is 2.50. The van der Waals surface area contributed by atoms with Crippen LogP contribution in [0.4, 0.5) is 0 Å². The first-order valence-corrected chi connectivity index (χ1v) is 7.85. The molecule has 100 valence electrons. The maximum atomic E-state index is 12.7. The number of carbonyl (C=O) groups is 1. The molecule has 1 N–H and O–H groups in total. The van der Waals surface area contributed by atoms with E-state index in [0.717, 1.165) is 37.4 Å². The average molecular weight is 248 g/mol. The monoisotopic (exact) mass is 248 g/mol. The summed E-state index contributed by atoms with van der Waals surface area (Å²) in [6.45, 7) is 3.17. The Bertz CT molecular complexity index is 322. The van der Waals surface area contributed by atoms with Crippen molar-refractivity contribution < 1.29 is 4.79 Å². The summed E-state index contributed by atoms with van der Waals surface area (Å²) in [5, 5.41) is 3.60. The SMILES string of the molecule is O=C(C(C1CC1)C1CC1)N1CC2CCCNC2C1. The van der Waals surface area contributed by atoms with Gasteiger partial charge in [-0.15, -0.1) is 0 Å². The molecule has 0 radical (unpaired) electrons. The first-order valence-electron chi connectivity index (χ1n) is 7.85. The van der Waals surface area contributed by atoms with Crippen LogP contribution in [0.2, 0.25) is 0 Å². The van der Waals surface area contributed by atoms with E-state index >= 15 is 0 Å². The lowest BCUT2D eigenvalue weighted by molar-refractivity contribution is -0.136. The molecule has 3 heteroatoms. The van der Waals surface area contributed by atoms with E-state index in [0.29, 0.717) is 17.9 Å². The molecule has 3 nitrogen and oxygen atoms in total. The molecule has 1 amide bonds. The van der Waals surface area contributed by atoms with Gasteiger partial charge in [0.1, 0.15) is 0 Å². The van der Waals surface area contributed by atoms with Crippen molar-refractivity contribution in [3.8, 4) is 0 Å². The fourth-order valence-corrected chi connectivity index (χ4v) is 4.14. The lowest BCUT2D eigenvalue weighted by Crippen LogP contribution is -2.41. The van der Waals surface area contributed by atoms with Gasteiger partial charge in [-0.25, -0.2) is 0 Å². The largest absolute Gasteiger partial charge is 0.341 e. The summed E-state index contributed by atoms with van der Waals surface area (Å²) in [4.78, 5) is 15.0. The predicted octanol–water partition coefficient (Wildman–Crippen LogP) is 1.63. The van der Waals surface area contributed by atoms with Gasteiger partial charge in [0.15, 0.2) is 0 Å². The third kappa shape index (κ3) is 1.97. The van der Waals surface area contributed by atoms with E-state index in [9.17, 15) is 4.79 Å². The number of nitrogens with one attached hydrogen (secondary N) is 1. The van der Waals surface area contributed by atoms with Crippen LogP contribution in [0.3, 0.4) is 0 Å². The number of carbonyl (C=O) groups excluding carboxylic acids is 1. The summed E-state index contributed by atoms with van der Waals surface area (Å²) in [7, 11) is 0. The molecule has 4 fully saturated rings. The van der Waals surface area contributed by atoms with Crippen molar-refractivity contribution in [2.24, 2.45) is 23.7 Å². The maximum Gasteiger partial charge on any atom is 0.226 e. The third-order valence-corrected chi connectivity index (χ3v) is 5.46. The Hall–Kier alpha value is -0.570. The van der Waals surface area contributed by atoms with Gasteiger partial charge in [-0.2, -0.15) is 0 Å². The Labute approximate surface area is 109 Å². The summed E-state index contributed by atoms with van der Waals surface area (Å²) in [6.07, 6.45) is 7.85. The number of nitrogens with zero attached hydrogens (tertiary/aromatic N) is 1. The molecule has 2 atom stereocenters. The summed E-state index contributed by atoms with van der Waals surface area (Å²) < 4.78 is 0. The van der Waals surface area contributed by atoms with Crippen molar-refractivity contribution in [3.05, 3.63) is 0 Å². The normalized spacial score (nSPS) is 35.9. The van der Waals surface area contributed by atoms with Gasteiger partial charge in [-0.3, -0.25) is 4.79 Å². The number of piperidine rings is 1. The topological polar surface area (TPSA) is 32.3 Å². The molecule has 2 saturated carbocycles. The molecule has 18 heavy (non-hydrogen) atoms. The molecule has 0 bridgehead atoms. The molecule has 2 aliphatic carbocycles. The van der Waals surface area contributed by atoms with Gasteiger partial charge in [0.2, 0.25) is 5.91 Å². The van der Waals surface area contributed by atoms with Crippen molar-refractivity contribution in [2.45, 2.75) is 44.6 Å². The average Bonchev–Trinajstić information content (AvgIpc) is 3.30. The van der Waals surface area contributed by atoms with Gasteiger partial charge in [0.05, 0.1) is 0 Å². The van der Waals surface area contributed by atoms with Crippen LogP contribution in [0.1, 0.15) is 38.5 Å². The van der Waals surface area contributed by atoms with Crippen LogP contribution in [0.5, 0.6) is 0 Å². The molecule has 2 unspecified atom stereocenters. The predicted molar refractivity (Wildman–Crippen MR) is 70.0 cm³/mol. The third-order valence-electron chi connectivity index (χ3n) is 5.46. The lowest BCUT2D eigenvalue weighted by Gasteiger charge is -2.24. The van der Waals surface area contributed by atoms with Crippen LogP contribution in [-0.2, 0) is 4.79 Å². The van der Waals surface area contributed by atoms with Crippen LogP contribution < -0.4 is 5.32 Å². The zero-order valence-corrected chi connectivity index (χ0v) is 11.1. The highest BCUT2D eigenvalue weighted by molar-refractivity contribution is 5.80. The molecule has 2 aliphatic heterocycles. The smallest absolute Gasteiger partial charge is 0.226 e. The van der Waals surface area contributed by atoms with E-state index in [4.69, 9.17) is 0 Å². The standard InChI is InChI=1S/C15H24N2O/c18-15(14(10-3-4-10)11-5-6-11)17-8-12-2-1-7-16-13(12)9-17/h10-14,16H,1-9H2. The van der Waals surface area contributed by atoms with Gasteiger partial charge in [0.25, 0.3) is 0 Å². The van der Waals surface area contributed by atoms with E-state index in [2.05, 4.69) is 10.2 Å². The second-order valence-corrected chi connectivity index (χ2v) is 6.91. The van der Waals surface area contributed by atoms with E-state index in [1.165, 1.54) is 38.5 Å². The first-order chi connectivity index (χ1) is 8.83. The molecule has 2 saturated heterocycles. The van der Waals surface area contributed by atoms with Crippen molar-refractivity contribution in [1.82, 2.24) is 10.2 Å². The molecular weight excluding hydrogens is 224 g/mol. The Morgan fingerprint density at radius 2 is 1.78 bits per heavy atom. The number of hydrogen-bond donors (Lipinski definition) is 1. The number of fused-ring (bicyclic) bond motifs is 1. The van der Waals surface area contributed by atoms with Crippen molar-refractivity contribution in [1.29, 1.82) is 0 Å². The summed E-state index contributed by atoms with van der Waals surface area (Å²) in [6, 6.07) is 0.599. The van der Waals surface area contributed by atoms with E-state index in [1.807, 2.05) is 0 Å². The van der Waals surface area contributed by atoms with E-state index in [-0.39, 0.29) is 0 Å². The minimum Gasteiger partial charge on any atom is -0.341 e. The fraction of sp³-hybridized carbons (Fsp3) is 0.933. The van der Waals surface area contributed by atoms with Crippen LogP contribution in [0.25, 0.3) is 0 Å². The molecule has 4 rings (SSSR count). The van der Waals surface area contributed by atoms with E-state index < -0.39 is 0 Å². The Balaban J connectivity index is 1.44. The summed E-state index contributed by atoms with van der Waals surface area (Å²) in [5.41, 5.74) is 0. The number of likely N-dealkylation sites (tertiary alicyclic amines) is 1. The molecule has 4 aliphatic rings. The summed E-state index contributed by atoms with van der Waals surface area (Å²) >= 11 is 0.